The van der Waals surface area contributed by atoms with E-state index in [0.29, 0.717) is 9.50 Å². The maximum absolute atomic E-state index is 14.1. The normalized spacial score (nSPS) is 19.1. The van der Waals surface area contributed by atoms with Gasteiger partial charge in [0.1, 0.15) is 5.82 Å². The molecule has 0 aromatic heterocycles. The lowest BCUT2D eigenvalue weighted by Gasteiger charge is -2.29. The van der Waals surface area contributed by atoms with E-state index in [-0.39, 0.29) is 11.5 Å². The second kappa shape index (κ2) is 6.07. The first-order valence-corrected chi connectivity index (χ1v) is 8.12. The Morgan fingerprint density at radius 1 is 1.24 bits per heavy atom. The average molecular weight is 370 g/mol. The molecule has 0 bridgehead atoms. The van der Waals surface area contributed by atoms with Crippen molar-refractivity contribution in [3.05, 3.63) is 68.4 Å². The maximum atomic E-state index is 14.1. The van der Waals surface area contributed by atoms with E-state index >= 15 is 0 Å². The van der Waals surface area contributed by atoms with Gasteiger partial charge >= 0.3 is 0 Å². The largest absolute Gasteiger partial charge is 0.388 e. The molecule has 0 heterocycles. The van der Waals surface area contributed by atoms with Crippen molar-refractivity contribution in [2.45, 2.75) is 25.4 Å². The summed E-state index contributed by atoms with van der Waals surface area (Å²) in [6.45, 7) is 0. The van der Waals surface area contributed by atoms with Gasteiger partial charge < -0.3 is 5.11 Å². The quantitative estimate of drug-likeness (QED) is 0.732. The zero-order valence-electron chi connectivity index (χ0n) is 11.3. The number of hydrogen-bond donors (Lipinski definition) is 1. The van der Waals surface area contributed by atoms with Crippen molar-refractivity contribution in [2.24, 2.45) is 5.92 Å². The molecule has 2 unspecified atom stereocenters. The minimum absolute atomic E-state index is 0.0200. The Balaban J connectivity index is 1.87. The van der Waals surface area contributed by atoms with Crippen molar-refractivity contribution in [3.63, 3.8) is 0 Å². The first-order valence-electron chi connectivity index (χ1n) is 6.95. The fraction of sp³-hybridized carbons (Fsp3) is 0.294. The fourth-order valence-corrected chi connectivity index (χ4v) is 3.50. The zero-order valence-corrected chi connectivity index (χ0v) is 13.7. The van der Waals surface area contributed by atoms with Crippen molar-refractivity contribution in [1.82, 2.24) is 0 Å². The second-order valence-corrected chi connectivity index (χ2v) is 6.77. The Hall–Kier alpha value is -0.900. The molecule has 1 N–H and O–H groups in total. The topological polar surface area (TPSA) is 20.2 Å². The molecule has 0 saturated heterocycles. The first kappa shape index (κ1) is 15.0. The Morgan fingerprint density at radius 2 is 1.95 bits per heavy atom. The van der Waals surface area contributed by atoms with Gasteiger partial charge in [0.15, 0.2) is 0 Å². The van der Waals surface area contributed by atoms with Gasteiger partial charge in [0.25, 0.3) is 0 Å². The van der Waals surface area contributed by atoms with Gasteiger partial charge in [-0.05, 0) is 64.4 Å². The third-order valence-corrected chi connectivity index (χ3v) is 5.39. The van der Waals surface area contributed by atoms with Gasteiger partial charge in [-0.25, -0.2) is 4.39 Å². The van der Waals surface area contributed by atoms with Crippen molar-refractivity contribution >= 4 is 27.5 Å². The third-order valence-electron chi connectivity index (χ3n) is 4.19. The molecule has 110 valence electrons. The molecule has 0 aliphatic heterocycles. The van der Waals surface area contributed by atoms with Crippen LogP contribution in [0, 0.1) is 11.7 Å². The molecular formula is C17H15BrClFO. The van der Waals surface area contributed by atoms with Crippen molar-refractivity contribution in [1.29, 1.82) is 0 Å². The smallest absolute Gasteiger partial charge is 0.130 e. The van der Waals surface area contributed by atoms with E-state index in [2.05, 4.69) is 28.1 Å². The molecule has 0 fully saturated rings. The fourth-order valence-electron chi connectivity index (χ4n) is 3.01. The van der Waals surface area contributed by atoms with Crippen LogP contribution >= 0.6 is 27.5 Å². The van der Waals surface area contributed by atoms with Crippen LogP contribution in [0.15, 0.2) is 40.9 Å². The van der Waals surface area contributed by atoms with E-state index in [1.54, 1.807) is 0 Å². The number of benzene rings is 2. The maximum Gasteiger partial charge on any atom is 0.130 e. The number of aryl methyl sites for hydroxylation is 1. The lowest BCUT2D eigenvalue weighted by atomic mass is 9.79. The van der Waals surface area contributed by atoms with Crippen molar-refractivity contribution in [2.75, 3.05) is 0 Å². The summed E-state index contributed by atoms with van der Waals surface area (Å²) in [5, 5.41) is 11.0. The highest BCUT2D eigenvalue weighted by Gasteiger charge is 2.28. The van der Waals surface area contributed by atoms with Crippen LogP contribution in [0.5, 0.6) is 0 Å². The molecule has 2 aromatic rings. The van der Waals surface area contributed by atoms with Crippen molar-refractivity contribution in [3.8, 4) is 0 Å². The lowest BCUT2D eigenvalue weighted by molar-refractivity contribution is 0.0959. The van der Waals surface area contributed by atoms with E-state index < -0.39 is 11.9 Å². The number of aliphatic hydroxyl groups is 1. The van der Waals surface area contributed by atoms with E-state index in [0.717, 1.165) is 19.3 Å². The van der Waals surface area contributed by atoms with Crippen LogP contribution in [-0.4, -0.2) is 5.11 Å². The number of halogens is 3. The molecule has 0 spiro atoms. The number of hydrogen-bond acceptors (Lipinski definition) is 1. The van der Waals surface area contributed by atoms with Gasteiger partial charge in [-0.2, -0.15) is 0 Å². The van der Waals surface area contributed by atoms with E-state index in [9.17, 15) is 9.50 Å². The molecule has 0 amide bonds. The third kappa shape index (κ3) is 3.01. The number of aliphatic hydroxyl groups excluding tert-OH is 1. The minimum atomic E-state index is -0.830. The summed E-state index contributed by atoms with van der Waals surface area (Å²) in [5.41, 5.74) is 2.86. The lowest BCUT2D eigenvalue weighted by Crippen LogP contribution is -2.22. The van der Waals surface area contributed by atoms with Gasteiger partial charge in [0.05, 0.1) is 11.1 Å². The van der Waals surface area contributed by atoms with Gasteiger partial charge in [0, 0.05) is 10.0 Å². The predicted molar refractivity (Wildman–Crippen MR) is 86.0 cm³/mol. The Morgan fingerprint density at radius 3 is 2.71 bits per heavy atom. The number of rotatable bonds is 2. The van der Waals surface area contributed by atoms with Gasteiger partial charge in [-0.3, -0.25) is 0 Å². The molecular weight excluding hydrogens is 355 g/mol. The zero-order chi connectivity index (χ0) is 15.0. The molecule has 1 aliphatic rings. The minimum Gasteiger partial charge on any atom is -0.388 e. The Kier molecular flexibility index (Phi) is 4.34. The van der Waals surface area contributed by atoms with Crippen LogP contribution in [0.2, 0.25) is 5.02 Å². The first-order chi connectivity index (χ1) is 10.1. The molecule has 1 nitrogen and oxygen atoms in total. The van der Waals surface area contributed by atoms with Gasteiger partial charge in [0.2, 0.25) is 0 Å². The summed E-state index contributed by atoms with van der Waals surface area (Å²) in [7, 11) is 0. The molecule has 1 aliphatic carbocycles. The van der Waals surface area contributed by atoms with E-state index in [4.69, 9.17) is 11.6 Å². The molecule has 2 aromatic carbocycles. The summed E-state index contributed by atoms with van der Waals surface area (Å²) in [4.78, 5) is 0. The van der Waals surface area contributed by atoms with E-state index in [1.165, 1.54) is 23.3 Å². The van der Waals surface area contributed by atoms with Crippen LogP contribution < -0.4 is 0 Å². The predicted octanol–water partition coefficient (Wildman–Crippen LogP) is 5.08. The molecule has 4 heteroatoms. The summed E-state index contributed by atoms with van der Waals surface area (Å²) >= 11 is 9.22. The molecule has 21 heavy (non-hydrogen) atoms. The van der Waals surface area contributed by atoms with Crippen LogP contribution in [0.4, 0.5) is 4.39 Å². The standard InChI is InChI=1S/C17H15BrClFO/c18-14-9-16(20)13(8-15(14)19)17(21)12-6-5-10-3-1-2-4-11(10)7-12/h1-4,8-9,12,17,21H,5-7H2. The van der Waals surface area contributed by atoms with Crippen LogP contribution in [0.25, 0.3) is 0 Å². The second-order valence-electron chi connectivity index (χ2n) is 5.50. The highest BCUT2D eigenvalue weighted by molar-refractivity contribution is 9.10. The van der Waals surface area contributed by atoms with Crippen LogP contribution in [0.1, 0.15) is 29.2 Å². The summed E-state index contributed by atoms with van der Waals surface area (Å²) in [5.74, 6) is -0.399. The monoisotopic (exact) mass is 368 g/mol. The van der Waals surface area contributed by atoms with Gasteiger partial charge in [-0.1, -0.05) is 35.9 Å². The summed E-state index contributed by atoms with van der Waals surface area (Å²) in [6.07, 6.45) is 1.71. The molecule has 0 radical (unpaired) electrons. The van der Waals surface area contributed by atoms with E-state index in [1.807, 2.05) is 12.1 Å². The van der Waals surface area contributed by atoms with Crippen molar-refractivity contribution < 1.29 is 9.50 Å². The van der Waals surface area contributed by atoms with Gasteiger partial charge in [-0.15, -0.1) is 0 Å². The molecule has 2 atom stereocenters. The highest BCUT2D eigenvalue weighted by atomic mass is 79.9. The molecule has 3 rings (SSSR count). The Bertz CT molecular complexity index is 674. The average Bonchev–Trinajstić information content (AvgIpc) is 2.50. The SMILES string of the molecule is OC(c1cc(Cl)c(Br)cc1F)C1CCc2ccccc2C1. The van der Waals surface area contributed by atoms with Crippen LogP contribution in [0.3, 0.4) is 0 Å². The highest BCUT2D eigenvalue weighted by Crippen LogP contribution is 2.37. The van der Waals surface area contributed by atoms with Crippen LogP contribution in [-0.2, 0) is 12.8 Å². The summed E-state index contributed by atoms with van der Waals surface area (Å²) < 4.78 is 14.6. The number of fused-ring (bicyclic) bond motifs is 1. The molecule has 0 saturated carbocycles. The Labute approximate surface area is 136 Å². The summed E-state index contributed by atoms with van der Waals surface area (Å²) in [6, 6.07) is 11.1.